The molecule has 0 fully saturated rings. The molecule has 0 saturated heterocycles. The Kier molecular flexibility index (Phi) is 3.76. The van der Waals surface area contributed by atoms with E-state index in [1.165, 1.54) is 0 Å². The van der Waals surface area contributed by atoms with E-state index >= 15 is 0 Å². The summed E-state index contributed by atoms with van der Waals surface area (Å²) in [5, 5.41) is 33.7. The molecule has 0 aliphatic rings. The van der Waals surface area contributed by atoms with Crippen molar-refractivity contribution in [3.05, 3.63) is 0 Å². The Morgan fingerprint density at radius 1 is 1.15 bits per heavy atom. The molecule has 0 rings (SSSR count). The van der Waals surface area contributed by atoms with Crippen molar-refractivity contribution in [1.29, 1.82) is 0 Å². The lowest BCUT2D eigenvalue weighted by Gasteiger charge is -2.19. The summed E-state index contributed by atoms with van der Waals surface area (Å²) in [5.74, 6) is -3.22. The minimum atomic E-state index is -2.53. The summed E-state index contributed by atoms with van der Waals surface area (Å²) in [5.41, 5.74) is -2.53. The molecule has 0 spiro atoms. The van der Waals surface area contributed by atoms with Crippen LogP contribution in [0.15, 0.2) is 0 Å². The van der Waals surface area contributed by atoms with Crippen molar-refractivity contribution in [3.8, 4) is 0 Å². The maximum atomic E-state index is 10.4. The molecule has 1 atom stereocenters. The van der Waals surface area contributed by atoms with E-state index in [0.717, 1.165) is 0 Å². The maximum Gasteiger partial charge on any atom is 0.336 e. The normalized spacial score (nSPS) is 14.5. The number of hydrogen-bond donors (Lipinski definition) is 4. The van der Waals surface area contributed by atoms with Gasteiger partial charge in [0.25, 0.3) is 0 Å². The molecule has 0 aromatic carbocycles. The molecule has 74 valence electrons. The van der Waals surface area contributed by atoms with E-state index in [9.17, 15) is 14.7 Å². The van der Waals surface area contributed by atoms with Crippen LogP contribution in [0.1, 0.15) is 12.8 Å². The van der Waals surface area contributed by atoms with E-state index < -0.39 is 35.4 Å². The van der Waals surface area contributed by atoms with Gasteiger partial charge in [0.1, 0.15) is 0 Å². The Morgan fingerprint density at radius 2 is 1.62 bits per heavy atom. The van der Waals surface area contributed by atoms with Gasteiger partial charge in [-0.15, -0.1) is 0 Å². The van der Waals surface area contributed by atoms with Crippen LogP contribution >= 0.6 is 12.2 Å². The summed E-state index contributed by atoms with van der Waals surface area (Å²) in [4.78, 5) is 20.6. The van der Waals surface area contributed by atoms with Gasteiger partial charge in [0, 0.05) is 0 Å². The molecule has 0 aliphatic carbocycles. The van der Waals surface area contributed by atoms with E-state index in [0.29, 0.717) is 0 Å². The maximum absolute atomic E-state index is 10.4. The number of thiocarbonyl (C=S) groups is 1. The highest BCUT2D eigenvalue weighted by molar-refractivity contribution is 7.80. The molecule has 0 amide bonds. The third-order valence-electron chi connectivity index (χ3n) is 1.29. The largest absolute Gasteiger partial charge is 0.502 e. The van der Waals surface area contributed by atoms with Gasteiger partial charge in [-0.1, -0.05) is 0 Å². The lowest BCUT2D eigenvalue weighted by Crippen LogP contribution is -2.42. The second-order valence-electron chi connectivity index (χ2n) is 2.48. The standard InChI is InChI=1S/C6H8O6S/c7-3(8)1-6(12,5(10)11)2-4(9)13/h12H,1-2H2,(H,7,8)(H,9,13)(H,10,11). The number of carboxylic acid groups (broad SMARTS) is 2. The second kappa shape index (κ2) is 4.15. The van der Waals surface area contributed by atoms with Crippen LogP contribution in [0.4, 0.5) is 0 Å². The van der Waals surface area contributed by atoms with Crippen molar-refractivity contribution in [2.24, 2.45) is 0 Å². The monoisotopic (exact) mass is 208 g/mol. The number of carboxylic acids is 2. The van der Waals surface area contributed by atoms with Crippen LogP contribution in [0.2, 0.25) is 0 Å². The Hall–Kier alpha value is -1.21. The molecule has 0 saturated carbocycles. The van der Waals surface area contributed by atoms with Gasteiger partial charge in [0.2, 0.25) is 0 Å². The van der Waals surface area contributed by atoms with Gasteiger partial charge in [-0.3, -0.25) is 4.79 Å². The number of aliphatic carboxylic acids is 2. The SMILES string of the molecule is O=C(O)CC(O)(CC(O)=S)C(=O)O. The summed E-state index contributed by atoms with van der Waals surface area (Å²) in [6.07, 6.45) is -1.78. The fourth-order valence-corrected chi connectivity index (χ4v) is 0.953. The minimum Gasteiger partial charge on any atom is -0.502 e. The Morgan fingerprint density at radius 3 is 1.85 bits per heavy atom. The molecular formula is C6H8O6S. The zero-order valence-corrected chi connectivity index (χ0v) is 7.24. The first-order valence-electron chi connectivity index (χ1n) is 3.17. The highest BCUT2D eigenvalue weighted by Crippen LogP contribution is 2.16. The molecule has 0 aromatic heterocycles. The molecule has 6 nitrogen and oxygen atoms in total. The first-order valence-corrected chi connectivity index (χ1v) is 3.58. The van der Waals surface area contributed by atoms with Crippen LogP contribution in [0.3, 0.4) is 0 Å². The molecular weight excluding hydrogens is 200 g/mol. The lowest BCUT2D eigenvalue weighted by atomic mass is 9.96. The number of hydrogen-bond acceptors (Lipinski definition) is 4. The van der Waals surface area contributed by atoms with Crippen LogP contribution in [0.5, 0.6) is 0 Å². The molecule has 13 heavy (non-hydrogen) atoms. The number of aliphatic hydroxyl groups is 2. The predicted molar refractivity (Wildman–Crippen MR) is 44.7 cm³/mol. The molecule has 0 aromatic rings. The summed E-state index contributed by atoms with van der Waals surface area (Å²) >= 11 is 4.16. The van der Waals surface area contributed by atoms with E-state index in [-0.39, 0.29) is 0 Å². The highest BCUT2D eigenvalue weighted by atomic mass is 32.1. The van der Waals surface area contributed by atoms with Crippen molar-refractivity contribution in [2.75, 3.05) is 0 Å². The third kappa shape index (κ3) is 3.81. The average Bonchev–Trinajstić information content (AvgIpc) is 1.82. The Bertz CT molecular complexity index is 232. The smallest absolute Gasteiger partial charge is 0.336 e. The van der Waals surface area contributed by atoms with Crippen molar-refractivity contribution < 1.29 is 30.0 Å². The molecule has 0 bridgehead atoms. The van der Waals surface area contributed by atoms with E-state index in [1.807, 2.05) is 0 Å². The van der Waals surface area contributed by atoms with Gasteiger partial charge in [0.15, 0.2) is 10.7 Å². The van der Waals surface area contributed by atoms with Gasteiger partial charge in [-0.2, -0.15) is 0 Å². The Labute approximate surface area is 78.4 Å². The highest BCUT2D eigenvalue weighted by Gasteiger charge is 2.39. The van der Waals surface area contributed by atoms with Crippen LogP contribution in [0, 0.1) is 0 Å². The first-order chi connectivity index (χ1) is 5.78. The topological polar surface area (TPSA) is 115 Å². The zero-order valence-electron chi connectivity index (χ0n) is 6.43. The van der Waals surface area contributed by atoms with Crippen molar-refractivity contribution >= 4 is 29.2 Å². The van der Waals surface area contributed by atoms with Crippen LogP contribution in [-0.4, -0.2) is 43.0 Å². The molecule has 0 aliphatic heterocycles. The van der Waals surface area contributed by atoms with Gasteiger partial charge >= 0.3 is 11.9 Å². The molecule has 0 heterocycles. The summed E-state index contributed by atoms with van der Waals surface area (Å²) in [7, 11) is 0. The minimum absolute atomic E-state index is 0.744. The number of carbonyl (C=O) groups is 2. The van der Waals surface area contributed by atoms with Gasteiger partial charge in [-0.05, 0) is 12.2 Å². The number of aliphatic hydroxyl groups excluding tert-OH is 1. The summed E-state index contributed by atoms with van der Waals surface area (Å²) in [6.45, 7) is 0. The first kappa shape index (κ1) is 11.8. The average molecular weight is 208 g/mol. The quantitative estimate of drug-likeness (QED) is 0.452. The summed E-state index contributed by atoms with van der Waals surface area (Å²) in [6, 6.07) is 0. The van der Waals surface area contributed by atoms with Crippen molar-refractivity contribution in [3.63, 3.8) is 0 Å². The van der Waals surface area contributed by atoms with E-state index in [4.69, 9.17) is 15.3 Å². The zero-order chi connectivity index (χ0) is 10.6. The van der Waals surface area contributed by atoms with Crippen molar-refractivity contribution in [1.82, 2.24) is 0 Å². The molecule has 1 unspecified atom stereocenters. The Balaban J connectivity index is 4.62. The number of rotatable bonds is 5. The van der Waals surface area contributed by atoms with Crippen LogP contribution < -0.4 is 0 Å². The lowest BCUT2D eigenvalue weighted by molar-refractivity contribution is -0.164. The third-order valence-corrected chi connectivity index (χ3v) is 1.43. The van der Waals surface area contributed by atoms with Gasteiger partial charge < -0.3 is 20.4 Å². The molecule has 0 radical (unpaired) electrons. The van der Waals surface area contributed by atoms with Crippen molar-refractivity contribution in [2.45, 2.75) is 18.4 Å². The van der Waals surface area contributed by atoms with E-state index in [2.05, 4.69) is 12.2 Å². The van der Waals surface area contributed by atoms with Gasteiger partial charge in [-0.25, -0.2) is 4.79 Å². The van der Waals surface area contributed by atoms with Crippen LogP contribution in [-0.2, 0) is 9.59 Å². The molecule has 7 heteroatoms. The van der Waals surface area contributed by atoms with Gasteiger partial charge in [0.05, 0.1) is 12.8 Å². The van der Waals surface area contributed by atoms with E-state index in [1.54, 1.807) is 0 Å². The fraction of sp³-hybridized carbons (Fsp3) is 0.500. The second-order valence-corrected chi connectivity index (χ2v) is 2.95. The fourth-order valence-electron chi connectivity index (χ4n) is 0.714. The molecule has 4 N–H and O–H groups in total. The summed E-state index contributed by atoms with van der Waals surface area (Å²) < 4.78 is 0. The van der Waals surface area contributed by atoms with Crippen LogP contribution in [0.25, 0.3) is 0 Å². The predicted octanol–water partition coefficient (Wildman–Crippen LogP) is -0.448.